The van der Waals surface area contributed by atoms with E-state index in [1.54, 1.807) is 11.3 Å². The summed E-state index contributed by atoms with van der Waals surface area (Å²) >= 11 is 1.75. The van der Waals surface area contributed by atoms with Gasteiger partial charge in [0.05, 0.1) is 24.4 Å². The number of hydrogen-bond acceptors (Lipinski definition) is 5. The topological polar surface area (TPSA) is 51.4 Å². The highest BCUT2D eigenvalue weighted by Gasteiger charge is 2.30. The van der Waals surface area contributed by atoms with Crippen LogP contribution >= 0.6 is 11.3 Å². The Morgan fingerprint density at radius 2 is 2.15 bits per heavy atom. The highest BCUT2D eigenvalue weighted by molar-refractivity contribution is 7.15. The molecule has 0 amide bonds. The van der Waals surface area contributed by atoms with Gasteiger partial charge in [0.15, 0.2) is 5.13 Å². The van der Waals surface area contributed by atoms with E-state index in [1.807, 2.05) is 0 Å². The largest absolute Gasteiger partial charge is 0.375 e. The number of thiazole rings is 1. The molecule has 1 aromatic rings. The van der Waals surface area contributed by atoms with E-state index < -0.39 is 0 Å². The van der Waals surface area contributed by atoms with Crippen molar-refractivity contribution < 1.29 is 4.74 Å². The van der Waals surface area contributed by atoms with E-state index in [-0.39, 0.29) is 11.5 Å². The summed E-state index contributed by atoms with van der Waals surface area (Å²) in [4.78, 5) is 8.54. The minimum Gasteiger partial charge on any atom is -0.375 e. The molecule has 2 rings (SSSR count). The van der Waals surface area contributed by atoms with Crippen molar-refractivity contribution in [2.75, 3.05) is 18.1 Å². The Kier molecular flexibility index (Phi) is 4.72. The van der Waals surface area contributed by atoms with Crippen LogP contribution in [0.1, 0.15) is 51.6 Å². The van der Waals surface area contributed by atoms with Gasteiger partial charge in [-0.15, -0.1) is 11.3 Å². The third-order valence-electron chi connectivity index (χ3n) is 3.77. The van der Waals surface area contributed by atoms with Crippen LogP contribution in [0.3, 0.4) is 0 Å². The Labute approximate surface area is 126 Å². The first-order valence-electron chi connectivity index (χ1n) is 7.45. The van der Waals surface area contributed by atoms with E-state index >= 15 is 0 Å². The van der Waals surface area contributed by atoms with E-state index in [1.165, 1.54) is 4.88 Å². The summed E-state index contributed by atoms with van der Waals surface area (Å²) in [6.45, 7) is 13.2. The molecule has 114 valence electrons. The summed E-state index contributed by atoms with van der Waals surface area (Å²) in [5.41, 5.74) is 7.10. The fourth-order valence-corrected chi connectivity index (χ4v) is 3.83. The van der Waals surface area contributed by atoms with Crippen LogP contribution in [0.25, 0.3) is 0 Å². The molecule has 0 spiro atoms. The van der Waals surface area contributed by atoms with Gasteiger partial charge < -0.3 is 15.4 Å². The summed E-state index contributed by atoms with van der Waals surface area (Å²) in [6.07, 6.45) is 1.34. The van der Waals surface area contributed by atoms with Crippen molar-refractivity contribution in [1.82, 2.24) is 4.98 Å². The number of ether oxygens (including phenoxy) is 1. The first-order chi connectivity index (χ1) is 9.36. The second-order valence-corrected chi connectivity index (χ2v) is 7.64. The minimum absolute atomic E-state index is 0.0447. The molecule has 5 heteroatoms. The molecule has 0 aromatic carbocycles. The van der Waals surface area contributed by atoms with Gasteiger partial charge in [0.25, 0.3) is 0 Å². The standard InChI is InChI=1S/C15H27N3OS/c1-6-11-9-19-10(2)8-18(11)14-17-13(15(3,4)5)12(7-16)20-14/h10-11H,6-9,16H2,1-5H3. The molecule has 4 nitrogen and oxygen atoms in total. The van der Waals surface area contributed by atoms with Gasteiger partial charge in [0.1, 0.15) is 0 Å². The van der Waals surface area contributed by atoms with Gasteiger partial charge in [-0.2, -0.15) is 0 Å². The predicted octanol–water partition coefficient (Wildman–Crippen LogP) is 2.90. The zero-order valence-electron chi connectivity index (χ0n) is 13.3. The van der Waals surface area contributed by atoms with Crippen LogP contribution in [0.2, 0.25) is 0 Å². The highest BCUT2D eigenvalue weighted by Crippen LogP contribution is 2.35. The van der Waals surface area contributed by atoms with E-state index in [2.05, 4.69) is 39.5 Å². The lowest BCUT2D eigenvalue weighted by Crippen LogP contribution is -2.48. The molecular weight excluding hydrogens is 270 g/mol. The summed E-state index contributed by atoms with van der Waals surface area (Å²) in [5.74, 6) is 0. The van der Waals surface area contributed by atoms with Gasteiger partial charge in [0.2, 0.25) is 0 Å². The van der Waals surface area contributed by atoms with Crippen LogP contribution in [-0.2, 0) is 16.7 Å². The minimum atomic E-state index is 0.0447. The van der Waals surface area contributed by atoms with Crippen molar-refractivity contribution in [2.24, 2.45) is 5.73 Å². The van der Waals surface area contributed by atoms with Crippen LogP contribution in [0.5, 0.6) is 0 Å². The molecular formula is C15H27N3OS. The summed E-state index contributed by atoms with van der Waals surface area (Å²) < 4.78 is 5.77. The van der Waals surface area contributed by atoms with Crippen LogP contribution in [0.15, 0.2) is 0 Å². The number of morpholine rings is 1. The Morgan fingerprint density at radius 3 is 2.65 bits per heavy atom. The fraction of sp³-hybridized carbons (Fsp3) is 0.800. The molecule has 1 aliphatic rings. The maximum absolute atomic E-state index is 5.91. The fourth-order valence-electron chi connectivity index (χ4n) is 2.60. The van der Waals surface area contributed by atoms with Crippen LogP contribution in [0, 0.1) is 0 Å². The van der Waals surface area contributed by atoms with Crippen molar-refractivity contribution in [3.63, 3.8) is 0 Å². The molecule has 2 atom stereocenters. The van der Waals surface area contributed by atoms with Crippen LogP contribution in [0.4, 0.5) is 5.13 Å². The van der Waals surface area contributed by atoms with Gasteiger partial charge in [-0.3, -0.25) is 0 Å². The quantitative estimate of drug-likeness (QED) is 0.932. The maximum atomic E-state index is 5.91. The van der Waals surface area contributed by atoms with Crippen molar-refractivity contribution >= 4 is 16.5 Å². The molecule has 0 saturated carbocycles. The van der Waals surface area contributed by atoms with Crippen molar-refractivity contribution in [1.29, 1.82) is 0 Å². The number of hydrogen-bond donors (Lipinski definition) is 1. The monoisotopic (exact) mass is 297 g/mol. The average molecular weight is 297 g/mol. The van der Waals surface area contributed by atoms with Crippen LogP contribution < -0.4 is 10.6 Å². The average Bonchev–Trinajstić information content (AvgIpc) is 2.82. The number of aromatic nitrogens is 1. The Bertz CT molecular complexity index is 452. The van der Waals surface area contributed by atoms with Gasteiger partial charge in [-0.1, -0.05) is 27.7 Å². The molecule has 0 aliphatic carbocycles. The lowest BCUT2D eigenvalue weighted by atomic mass is 9.91. The SMILES string of the molecule is CCC1COC(C)CN1c1nc(C(C)(C)C)c(CN)s1. The van der Waals surface area contributed by atoms with Gasteiger partial charge in [-0.25, -0.2) is 4.98 Å². The lowest BCUT2D eigenvalue weighted by molar-refractivity contribution is 0.0299. The Balaban J connectivity index is 2.33. The molecule has 0 bridgehead atoms. The summed E-state index contributed by atoms with van der Waals surface area (Å²) in [6, 6.07) is 0.427. The van der Waals surface area contributed by atoms with E-state index in [4.69, 9.17) is 15.5 Å². The second kappa shape index (κ2) is 6.00. The normalized spacial score (nSPS) is 24.2. The Hall–Kier alpha value is -0.650. The van der Waals surface area contributed by atoms with Crippen molar-refractivity contribution in [3.05, 3.63) is 10.6 Å². The third kappa shape index (κ3) is 3.15. The molecule has 1 aromatic heterocycles. The summed E-state index contributed by atoms with van der Waals surface area (Å²) in [7, 11) is 0. The van der Waals surface area contributed by atoms with E-state index in [0.717, 1.165) is 30.4 Å². The molecule has 2 N–H and O–H groups in total. The van der Waals surface area contributed by atoms with E-state index in [9.17, 15) is 0 Å². The molecule has 1 saturated heterocycles. The third-order valence-corrected chi connectivity index (χ3v) is 4.88. The molecule has 0 radical (unpaired) electrons. The van der Waals surface area contributed by atoms with Gasteiger partial charge in [0, 0.05) is 23.4 Å². The smallest absolute Gasteiger partial charge is 0.186 e. The van der Waals surface area contributed by atoms with Gasteiger partial charge >= 0.3 is 0 Å². The van der Waals surface area contributed by atoms with E-state index in [0.29, 0.717) is 12.6 Å². The Morgan fingerprint density at radius 1 is 1.45 bits per heavy atom. The second-order valence-electron chi connectivity index (χ2n) is 6.58. The summed E-state index contributed by atoms with van der Waals surface area (Å²) in [5, 5.41) is 1.11. The lowest BCUT2D eigenvalue weighted by Gasteiger charge is -2.38. The number of anilines is 1. The first-order valence-corrected chi connectivity index (χ1v) is 8.27. The zero-order chi connectivity index (χ0) is 14.9. The predicted molar refractivity (Wildman–Crippen MR) is 85.5 cm³/mol. The first kappa shape index (κ1) is 15.7. The highest BCUT2D eigenvalue weighted by atomic mass is 32.1. The number of nitrogens with two attached hydrogens (primary N) is 1. The molecule has 2 unspecified atom stereocenters. The van der Waals surface area contributed by atoms with Crippen molar-refractivity contribution in [2.45, 2.75) is 65.1 Å². The molecule has 20 heavy (non-hydrogen) atoms. The number of rotatable bonds is 3. The molecule has 1 fully saturated rings. The maximum Gasteiger partial charge on any atom is 0.186 e. The van der Waals surface area contributed by atoms with Crippen molar-refractivity contribution in [3.8, 4) is 0 Å². The molecule has 2 heterocycles. The van der Waals surface area contributed by atoms with Gasteiger partial charge in [-0.05, 0) is 13.3 Å². The molecule has 1 aliphatic heterocycles. The van der Waals surface area contributed by atoms with Crippen LogP contribution in [-0.4, -0.2) is 30.3 Å². The number of nitrogens with zero attached hydrogens (tertiary/aromatic N) is 2. The zero-order valence-corrected chi connectivity index (χ0v) is 14.1.